The van der Waals surface area contributed by atoms with E-state index in [2.05, 4.69) is 10.1 Å². The fourth-order valence-electron chi connectivity index (χ4n) is 3.09. The Morgan fingerprint density at radius 1 is 1.18 bits per heavy atom. The molecule has 0 aliphatic carbocycles. The van der Waals surface area contributed by atoms with Gasteiger partial charge in [-0.3, -0.25) is 0 Å². The van der Waals surface area contributed by atoms with Crippen LogP contribution in [0.2, 0.25) is 5.02 Å². The molecule has 2 aromatic carbocycles. The number of benzene rings is 2. The minimum Gasteiger partial charge on any atom is -0.467 e. The summed E-state index contributed by atoms with van der Waals surface area (Å²) < 4.78 is 41.3. The summed E-state index contributed by atoms with van der Waals surface area (Å²) in [6.07, 6.45) is 0. The second-order valence-corrected chi connectivity index (χ2v) is 9.02. The summed E-state index contributed by atoms with van der Waals surface area (Å²) in [5.41, 5.74) is 2.99. The van der Waals surface area contributed by atoms with Gasteiger partial charge in [0.1, 0.15) is 11.5 Å². The minimum atomic E-state index is -3.59. The van der Waals surface area contributed by atoms with Crippen molar-refractivity contribution in [3.8, 4) is 17.1 Å². The van der Waals surface area contributed by atoms with Gasteiger partial charge < -0.3 is 14.0 Å². The van der Waals surface area contributed by atoms with Gasteiger partial charge in [0.2, 0.25) is 11.7 Å². The first kappa shape index (κ1) is 18.9. The molecule has 3 aromatic rings. The van der Waals surface area contributed by atoms with Gasteiger partial charge in [-0.15, -0.1) is 0 Å². The number of rotatable bonds is 5. The van der Waals surface area contributed by atoms with Gasteiger partial charge in [-0.05, 0) is 24.6 Å². The monoisotopic (exact) mass is 420 g/mol. The lowest BCUT2D eigenvalue weighted by atomic mass is 10.1. The zero-order valence-corrected chi connectivity index (χ0v) is 16.6. The normalized spacial score (nSPS) is 13.8. The van der Waals surface area contributed by atoms with Crippen molar-refractivity contribution in [1.82, 2.24) is 10.1 Å². The number of ether oxygens (including phenoxy) is 2. The Kier molecular flexibility index (Phi) is 5.09. The van der Waals surface area contributed by atoms with E-state index >= 15 is 0 Å². The van der Waals surface area contributed by atoms with Crippen LogP contribution >= 0.6 is 11.6 Å². The van der Waals surface area contributed by atoms with Crippen molar-refractivity contribution in [1.29, 1.82) is 0 Å². The van der Waals surface area contributed by atoms with Gasteiger partial charge >= 0.3 is 0 Å². The molecule has 0 unspecified atom stereocenters. The Morgan fingerprint density at radius 2 is 2.00 bits per heavy atom. The van der Waals surface area contributed by atoms with Crippen molar-refractivity contribution in [2.45, 2.75) is 25.0 Å². The van der Waals surface area contributed by atoms with Crippen molar-refractivity contribution < 1.29 is 22.4 Å². The number of nitrogens with zero attached hydrogens (tertiary/aromatic N) is 2. The zero-order chi connectivity index (χ0) is 19.7. The molecule has 0 saturated heterocycles. The van der Waals surface area contributed by atoms with Crippen LogP contribution in [0.5, 0.6) is 5.75 Å². The predicted molar refractivity (Wildman–Crippen MR) is 103 cm³/mol. The Bertz CT molecular complexity index is 1130. The summed E-state index contributed by atoms with van der Waals surface area (Å²) in [6.45, 7) is 2.33. The van der Waals surface area contributed by atoms with E-state index in [1.165, 1.54) is 0 Å². The lowest BCUT2D eigenvalue weighted by Gasteiger charge is -2.21. The highest BCUT2D eigenvalue weighted by Crippen LogP contribution is 2.33. The maximum absolute atomic E-state index is 12.7. The third-order valence-electron chi connectivity index (χ3n) is 4.32. The summed E-state index contributed by atoms with van der Waals surface area (Å²) >= 11 is 6.11. The van der Waals surface area contributed by atoms with Crippen molar-refractivity contribution in [3.05, 3.63) is 64.0 Å². The predicted octanol–water partition coefficient (Wildman–Crippen LogP) is 3.68. The molecule has 1 aliphatic heterocycles. The zero-order valence-electron chi connectivity index (χ0n) is 15.0. The van der Waals surface area contributed by atoms with Crippen LogP contribution in [-0.4, -0.2) is 25.4 Å². The van der Waals surface area contributed by atoms with E-state index in [1.54, 1.807) is 12.1 Å². The lowest BCUT2D eigenvalue weighted by molar-refractivity contribution is -0.0169. The van der Waals surface area contributed by atoms with E-state index in [0.29, 0.717) is 28.8 Å². The Labute approximate surface area is 167 Å². The number of hydrogen-bond acceptors (Lipinski definition) is 7. The van der Waals surface area contributed by atoms with Crippen LogP contribution < -0.4 is 4.74 Å². The maximum atomic E-state index is 12.7. The molecule has 0 atom stereocenters. The van der Waals surface area contributed by atoms with Crippen molar-refractivity contribution >= 4 is 21.4 Å². The van der Waals surface area contributed by atoms with Gasteiger partial charge in [0.15, 0.2) is 16.6 Å². The van der Waals surface area contributed by atoms with Gasteiger partial charge in [-0.2, -0.15) is 4.98 Å². The van der Waals surface area contributed by atoms with E-state index in [9.17, 15) is 8.42 Å². The molecule has 0 spiro atoms. The van der Waals surface area contributed by atoms with Crippen LogP contribution in [0, 0.1) is 6.92 Å². The van der Waals surface area contributed by atoms with Crippen molar-refractivity contribution in [2.24, 2.45) is 0 Å². The van der Waals surface area contributed by atoms with E-state index in [-0.39, 0.29) is 24.2 Å². The average molecular weight is 421 g/mol. The summed E-state index contributed by atoms with van der Waals surface area (Å²) in [5, 5.41) is 4.34. The molecular weight excluding hydrogens is 404 g/mol. The first-order chi connectivity index (χ1) is 13.4. The van der Waals surface area contributed by atoms with Crippen LogP contribution in [-0.2, 0) is 32.7 Å². The highest BCUT2D eigenvalue weighted by atomic mass is 35.5. The Morgan fingerprint density at radius 3 is 2.82 bits per heavy atom. The van der Waals surface area contributed by atoms with E-state index in [0.717, 1.165) is 16.7 Å². The van der Waals surface area contributed by atoms with Crippen molar-refractivity contribution in [3.63, 3.8) is 0 Å². The molecular formula is C19H17ClN2O5S. The van der Waals surface area contributed by atoms with Gasteiger partial charge in [0.25, 0.3) is 0 Å². The number of hydrogen-bond donors (Lipinski definition) is 0. The molecule has 28 heavy (non-hydrogen) atoms. The summed E-state index contributed by atoms with van der Waals surface area (Å²) in [7, 11) is -3.59. The quantitative estimate of drug-likeness (QED) is 0.621. The Balaban J connectivity index is 1.56. The second kappa shape index (κ2) is 7.54. The molecule has 1 aliphatic rings. The van der Waals surface area contributed by atoms with Crippen LogP contribution in [0.3, 0.4) is 0 Å². The second-order valence-electron chi connectivity index (χ2n) is 6.52. The maximum Gasteiger partial charge on any atom is 0.242 e. The third-order valence-corrected chi connectivity index (χ3v) is 5.98. The molecule has 1 aromatic heterocycles. The molecule has 0 saturated carbocycles. The first-order valence-electron chi connectivity index (χ1n) is 8.52. The summed E-state index contributed by atoms with van der Waals surface area (Å²) in [6, 6.07) is 10.9. The summed E-state index contributed by atoms with van der Waals surface area (Å²) in [5.74, 6) is 0.287. The number of fused-ring (bicyclic) bond motifs is 1. The molecule has 2 heterocycles. The Hall–Kier alpha value is -2.42. The van der Waals surface area contributed by atoms with E-state index in [1.807, 2.05) is 31.2 Å². The highest BCUT2D eigenvalue weighted by molar-refractivity contribution is 7.89. The molecule has 9 heteroatoms. The van der Waals surface area contributed by atoms with Gasteiger partial charge in [-0.1, -0.05) is 41.0 Å². The summed E-state index contributed by atoms with van der Waals surface area (Å²) in [4.78, 5) is 4.24. The fraction of sp³-hybridized carbons (Fsp3) is 0.263. The average Bonchev–Trinajstić information content (AvgIpc) is 3.09. The third kappa shape index (κ3) is 4.04. The molecule has 4 rings (SSSR count). The van der Waals surface area contributed by atoms with E-state index in [4.69, 9.17) is 25.6 Å². The smallest absolute Gasteiger partial charge is 0.242 e. The number of sulfone groups is 1. The topological polar surface area (TPSA) is 91.5 Å². The molecule has 0 amide bonds. The highest BCUT2D eigenvalue weighted by Gasteiger charge is 2.24. The molecule has 0 bridgehead atoms. The molecule has 0 fully saturated rings. The van der Waals surface area contributed by atoms with Crippen molar-refractivity contribution in [2.75, 3.05) is 6.79 Å². The number of halogens is 1. The van der Waals surface area contributed by atoms with Crippen LogP contribution in [0.4, 0.5) is 0 Å². The molecule has 0 N–H and O–H groups in total. The van der Waals surface area contributed by atoms with Gasteiger partial charge in [-0.25, -0.2) is 8.42 Å². The van der Waals surface area contributed by atoms with E-state index < -0.39 is 9.84 Å². The van der Waals surface area contributed by atoms with Gasteiger partial charge in [0, 0.05) is 21.7 Å². The minimum absolute atomic E-state index is 0.0402. The molecule has 7 nitrogen and oxygen atoms in total. The van der Waals surface area contributed by atoms with Crippen LogP contribution in [0.15, 0.2) is 40.9 Å². The molecule has 0 radical (unpaired) electrons. The number of aromatic nitrogens is 2. The van der Waals surface area contributed by atoms with Crippen LogP contribution in [0.1, 0.15) is 22.6 Å². The standard InChI is InChI=1S/C19H17ClN2O5S/c1-12-4-2-3-5-16(12)19-21-17(27-22-19)10-28(23,24)9-14-7-15(20)6-13-8-25-11-26-18(13)14/h2-7H,8-11H2,1H3. The van der Waals surface area contributed by atoms with Gasteiger partial charge in [0.05, 0.1) is 12.4 Å². The first-order valence-corrected chi connectivity index (χ1v) is 10.7. The SMILES string of the molecule is Cc1ccccc1-c1noc(CS(=O)(=O)Cc2cc(Cl)cc3c2OCOC3)n1. The fourth-order valence-corrected chi connectivity index (χ4v) is 4.63. The van der Waals surface area contributed by atoms with Crippen LogP contribution in [0.25, 0.3) is 11.4 Å². The lowest BCUT2D eigenvalue weighted by Crippen LogP contribution is -2.15. The molecule has 146 valence electrons. The number of aryl methyl sites for hydroxylation is 1. The largest absolute Gasteiger partial charge is 0.467 e.